The Morgan fingerprint density at radius 3 is 3.12 bits per heavy atom. The Labute approximate surface area is 108 Å². The van der Waals surface area contributed by atoms with E-state index < -0.39 is 11.9 Å². The molecule has 1 aliphatic heterocycles. The molecular weight excluding hydrogens is 263 g/mol. The molecule has 1 aliphatic rings. The molecule has 3 nitrogen and oxygen atoms in total. The highest BCUT2D eigenvalue weighted by Gasteiger charge is 2.21. The summed E-state index contributed by atoms with van der Waals surface area (Å²) in [5.74, 6) is 0.686. The molecule has 2 rings (SSSR count). The minimum atomic E-state index is -0.821. The third kappa shape index (κ3) is 3.10. The van der Waals surface area contributed by atoms with E-state index in [0.29, 0.717) is 0 Å². The minimum absolute atomic E-state index is 0.0944. The highest BCUT2D eigenvalue weighted by Crippen LogP contribution is 2.20. The minimum Gasteiger partial charge on any atom is -0.348 e. The van der Waals surface area contributed by atoms with Crippen molar-refractivity contribution in [2.75, 3.05) is 11.5 Å². The van der Waals surface area contributed by atoms with Gasteiger partial charge in [-0.1, -0.05) is 11.6 Å². The molecule has 1 fully saturated rings. The Balaban J connectivity index is 2.08. The van der Waals surface area contributed by atoms with E-state index >= 15 is 0 Å². The first-order valence-corrected chi connectivity index (χ1v) is 6.90. The zero-order valence-corrected chi connectivity index (χ0v) is 10.7. The quantitative estimate of drug-likeness (QED) is 0.843. The Bertz CT molecular complexity index is 404. The number of pyridine rings is 1. The number of nitrogens with one attached hydrogen (secondary N) is 1. The smallest absolute Gasteiger partial charge is 0.257 e. The SMILES string of the molecule is O=C(NC1CCCSC1)c1c(Cl)ccnc1F. The van der Waals surface area contributed by atoms with Gasteiger partial charge in [-0.3, -0.25) is 4.79 Å². The Hall–Kier alpha value is -0.810. The number of aromatic nitrogens is 1. The molecule has 0 aromatic carbocycles. The maximum atomic E-state index is 13.4. The van der Waals surface area contributed by atoms with Crippen molar-refractivity contribution in [3.8, 4) is 0 Å². The van der Waals surface area contributed by atoms with Gasteiger partial charge in [0.05, 0.1) is 5.02 Å². The molecule has 0 bridgehead atoms. The van der Waals surface area contributed by atoms with Crippen molar-refractivity contribution in [2.45, 2.75) is 18.9 Å². The van der Waals surface area contributed by atoms with Gasteiger partial charge >= 0.3 is 0 Å². The molecule has 17 heavy (non-hydrogen) atoms. The predicted molar refractivity (Wildman–Crippen MR) is 67.0 cm³/mol. The van der Waals surface area contributed by atoms with Crippen molar-refractivity contribution in [3.63, 3.8) is 0 Å². The van der Waals surface area contributed by atoms with Gasteiger partial charge in [-0.2, -0.15) is 16.2 Å². The van der Waals surface area contributed by atoms with Crippen molar-refractivity contribution >= 4 is 29.3 Å². The molecule has 0 aliphatic carbocycles. The summed E-state index contributed by atoms with van der Waals surface area (Å²) in [6.07, 6.45) is 3.24. The molecule has 0 saturated carbocycles. The lowest BCUT2D eigenvalue weighted by Crippen LogP contribution is -2.38. The summed E-state index contributed by atoms with van der Waals surface area (Å²) in [5.41, 5.74) is -0.162. The van der Waals surface area contributed by atoms with Crippen molar-refractivity contribution < 1.29 is 9.18 Å². The lowest BCUT2D eigenvalue weighted by atomic mass is 10.1. The highest BCUT2D eigenvalue weighted by atomic mass is 35.5. The van der Waals surface area contributed by atoms with Crippen LogP contribution in [0.1, 0.15) is 23.2 Å². The summed E-state index contributed by atoms with van der Waals surface area (Å²) in [6, 6.07) is 1.51. The molecule has 1 atom stereocenters. The summed E-state index contributed by atoms with van der Waals surface area (Å²) in [7, 11) is 0. The number of thioether (sulfide) groups is 1. The van der Waals surface area contributed by atoms with Gasteiger partial charge in [0.25, 0.3) is 5.91 Å². The van der Waals surface area contributed by atoms with Crippen molar-refractivity contribution in [2.24, 2.45) is 0 Å². The van der Waals surface area contributed by atoms with Gasteiger partial charge in [-0.25, -0.2) is 4.98 Å². The fourth-order valence-electron chi connectivity index (χ4n) is 1.73. The van der Waals surface area contributed by atoms with Gasteiger partial charge in [-0.15, -0.1) is 0 Å². The normalized spacial score (nSPS) is 20.0. The Kier molecular flexibility index (Phi) is 4.23. The van der Waals surface area contributed by atoms with E-state index in [-0.39, 0.29) is 16.6 Å². The van der Waals surface area contributed by atoms with Crippen LogP contribution in [0.5, 0.6) is 0 Å². The van der Waals surface area contributed by atoms with Crippen LogP contribution in [0.2, 0.25) is 5.02 Å². The van der Waals surface area contributed by atoms with Crippen LogP contribution in [-0.2, 0) is 0 Å². The standard InChI is InChI=1S/C11H12ClFN2OS/c12-8-3-4-14-10(13)9(8)11(16)15-7-2-1-5-17-6-7/h3-4,7H,1-2,5-6H2,(H,15,16). The summed E-state index contributed by atoms with van der Waals surface area (Å²) in [6.45, 7) is 0. The number of halogens is 2. The molecule has 1 unspecified atom stereocenters. The van der Waals surface area contributed by atoms with Crippen LogP contribution in [0.15, 0.2) is 12.3 Å². The predicted octanol–water partition coefficient (Wildman–Crippen LogP) is 2.50. The second kappa shape index (κ2) is 5.69. The first-order valence-electron chi connectivity index (χ1n) is 5.37. The summed E-state index contributed by atoms with van der Waals surface area (Å²) >= 11 is 7.59. The van der Waals surface area contributed by atoms with Gasteiger partial charge in [0, 0.05) is 18.0 Å². The zero-order chi connectivity index (χ0) is 12.3. The third-order valence-electron chi connectivity index (χ3n) is 2.58. The average Bonchev–Trinajstić information content (AvgIpc) is 2.30. The zero-order valence-electron chi connectivity index (χ0n) is 9.08. The van der Waals surface area contributed by atoms with Gasteiger partial charge in [0.2, 0.25) is 5.95 Å². The molecule has 2 heterocycles. The van der Waals surface area contributed by atoms with Crippen LogP contribution in [0, 0.1) is 5.95 Å². The third-order valence-corrected chi connectivity index (χ3v) is 4.11. The first kappa shape index (κ1) is 12.6. The van der Waals surface area contributed by atoms with Gasteiger partial charge in [0.1, 0.15) is 5.56 Å². The Morgan fingerprint density at radius 1 is 1.65 bits per heavy atom. The molecule has 1 saturated heterocycles. The maximum Gasteiger partial charge on any atom is 0.257 e. The topological polar surface area (TPSA) is 42.0 Å². The van der Waals surface area contributed by atoms with E-state index in [1.54, 1.807) is 11.8 Å². The number of amides is 1. The molecule has 1 N–H and O–H groups in total. The van der Waals surface area contributed by atoms with Gasteiger partial charge in [-0.05, 0) is 24.7 Å². The fourth-order valence-corrected chi connectivity index (χ4v) is 3.02. The van der Waals surface area contributed by atoms with Crippen molar-refractivity contribution in [1.29, 1.82) is 0 Å². The number of carbonyl (C=O) groups is 1. The van der Waals surface area contributed by atoms with E-state index in [4.69, 9.17) is 11.6 Å². The van der Waals surface area contributed by atoms with Crippen LogP contribution in [0.25, 0.3) is 0 Å². The summed E-state index contributed by atoms with van der Waals surface area (Å²) < 4.78 is 13.4. The molecule has 1 aromatic heterocycles. The monoisotopic (exact) mass is 274 g/mol. The summed E-state index contributed by atoms with van der Waals surface area (Å²) in [4.78, 5) is 15.3. The molecule has 92 valence electrons. The second-order valence-electron chi connectivity index (χ2n) is 3.85. The van der Waals surface area contributed by atoms with Crippen LogP contribution >= 0.6 is 23.4 Å². The average molecular weight is 275 g/mol. The molecule has 6 heteroatoms. The van der Waals surface area contributed by atoms with E-state index in [1.807, 2.05) is 0 Å². The number of nitrogens with zero attached hydrogens (tertiary/aromatic N) is 1. The van der Waals surface area contributed by atoms with Crippen LogP contribution < -0.4 is 5.32 Å². The van der Waals surface area contributed by atoms with Crippen LogP contribution in [-0.4, -0.2) is 28.4 Å². The van der Waals surface area contributed by atoms with E-state index in [1.165, 1.54) is 12.3 Å². The number of hydrogen-bond acceptors (Lipinski definition) is 3. The van der Waals surface area contributed by atoms with Crippen LogP contribution in [0.4, 0.5) is 4.39 Å². The first-order chi connectivity index (χ1) is 8.18. The Morgan fingerprint density at radius 2 is 2.47 bits per heavy atom. The van der Waals surface area contributed by atoms with Gasteiger partial charge in [0.15, 0.2) is 0 Å². The molecule has 0 radical (unpaired) electrons. The molecule has 0 spiro atoms. The van der Waals surface area contributed by atoms with Gasteiger partial charge < -0.3 is 5.32 Å². The van der Waals surface area contributed by atoms with Crippen molar-refractivity contribution in [3.05, 3.63) is 28.8 Å². The highest BCUT2D eigenvalue weighted by molar-refractivity contribution is 7.99. The molecule has 1 aromatic rings. The number of hydrogen-bond donors (Lipinski definition) is 1. The van der Waals surface area contributed by atoms with Crippen molar-refractivity contribution in [1.82, 2.24) is 10.3 Å². The largest absolute Gasteiger partial charge is 0.348 e. The van der Waals surface area contributed by atoms with E-state index in [2.05, 4.69) is 10.3 Å². The second-order valence-corrected chi connectivity index (χ2v) is 5.40. The van der Waals surface area contributed by atoms with E-state index in [0.717, 1.165) is 24.3 Å². The van der Waals surface area contributed by atoms with E-state index in [9.17, 15) is 9.18 Å². The lowest BCUT2D eigenvalue weighted by molar-refractivity contribution is 0.0934. The number of rotatable bonds is 2. The molecular formula is C11H12ClFN2OS. The lowest BCUT2D eigenvalue weighted by Gasteiger charge is -2.22. The maximum absolute atomic E-state index is 13.4. The van der Waals surface area contributed by atoms with Crippen LogP contribution in [0.3, 0.4) is 0 Å². The fraction of sp³-hybridized carbons (Fsp3) is 0.455. The summed E-state index contributed by atoms with van der Waals surface area (Å²) in [5, 5.41) is 2.89. The molecule has 1 amide bonds. The number of carbonyl (C=O) groups excluding carboxylic acids is 1.